The maximum atomic E-state index is 13.1. The standard InChI is InChI=1S/C29H32F3N3O3/c1-3-33-28(37)35-12-11-23-20(16-35)14-25-26(17(2)38-27(25)36)24(23)10-9-22-8-7-19(15-34-22)18-5-4-6-21(13-18)29(30,31)32/h4-10,13,15,17,20,23-26H,3,11-12,14,16H2,1-2H3,(H,33,37)/b10-9+. The summed E-state index contributed by atoms with van der Waals surface area (Å²) in [5, 5.41) is 2.87. The first-order valence-electron chi connectivity index (χ1n) is 13.2. The molecule has 6 atom stereocenters. The predicted molar refractivity (Wildman–Crippen MR) is 137 cm³/mol. The number of hydrogen-bond donors (Lipinski definition) is 1. The Hall–Kier alpha value is -3.36. The maximum absolute atomic E-state index is 13.1. The number of urea groups is 1. The Kier molecular flexibility index (Phi) is 7.20. The highest BCUT2D eigenvalue weighted by Crippen LogP contribution is 2.51. The minimum Gasteiger partial charge on any atom is -0.462 e. The topological polar surface area (TPSA) is 71.5 Å². The molecule has 0 bridgehead atoms. The van der Waals surface area contributed by atoms with Crippen LogP contribution in [-0.2, 0) is 15.7 Å². The van der Waals surface area contributed by atoms with Gasteiger partial charge in [0.05, 0.1) is 17.2 Å². The van der Waals surface area contributed by atoms with E-state index in [1.54, 1.807) is 24.4 Å². The van der Waals surface area contributed by atoms with Gasteiger partial charge in [0.25, 0.3) is 0 Å². The number of carbonyl (C=O) groups excluding carboxylic acids is 2. The Balaban J connectivity index is 1.36. The van der Waals surface area contributed by atoms with Crippen molar-refractivity contribution in [3.63, 3.8) is 0 Å². The Labute approximate surface area is 220 Å². The number of amides is 2. The smallest absolute Gasteiger partial charge is 0.416 e. The number of piperidine rings is 1. The lowest BCUT2D eigenvalue weighted by Gasteiger charge is -2.48. The van der Waals surface area contributed by atoms with Crippen molar-refractivity contribution in [3.05, 3.63) is 59.9 Å². The third-order valence-electron chi connectivity index (χ3n) is 8.31. The molecule has 1 saturated carbocycles. The van der Waals surface area contributed by atoms with Gasteiger partial charge < -0.3 is 15.0 Å². The Morgan fingerprint density at radius 2 is 2.05 bits per heavy atom. The van der Waals surface area contributed by atoms with Crippen molar-refractivity contribution in [3.8, 4) is 11.1 Å². The summed E-state index contributed by atoms with van der Waals surface area (Å²) in [5.41, 5.74) is 1.06. The predicted octanol–water partition coefficient (Wildman–Crippen LogP) is 5.65. The lowest BCUT2D eigenvalue weighted by molar-refractivity contribution is -0.144. The highest BCUT2D eigenvalue weighted by atomic mass is 19.4. The van der Waals surface area contributed by atoms with Crippen LogP contribution in [0.2, 0.25) is 0 Å². The van der Waals surface area contributed by atoms with Crippen LogP contribution < -0.4 is 5.32 Å². The van der Waals surface area contributed by atoms with E-state index in [4.69, 9.17) is 4.74 Å². The number of halogens is 3. The number of nitrogens with zero attached hydrogens (tertiary/aromatic N) is 2. The number of benzene rings is 1. The van der Waals surface area contributed by atoms with Crippen molar-refractivity contribution in [2.24, 2.45) is 29.6 Å². The second-order valence-electron chi connectivity index (χ2n) is 10.5. The van der Waals surface area contributed by atoms with Gasteiger partial charge >= 0.3 is 18.2 Å². The molecule has 6 nitrogen and oxygen atoms in total. The fraction of sp³-hybridized carbons (Fsp3) is 0.483. The molecule has 2 amide bonds. The zero-order valence-corrected chi connectivity index (χ0v) is 21.4. The highest BCUT2D eigenvalue weighted by Gasteiger charge is 2.54. The molecule has 9 heteroatoms. The summed E-state index contributed by atoms with van der Waals surface area (Å²) in [7, 11) is 0. The van der Waals surface area contributed by atoms with Crippen LogP contribution in [0, 0.1) is 29.6 Å². The van der Waals surface area contributed by atoms with Crippen LogP contribution in [0.4, 0.5) is 18.0 Å². The number of nitrogens with one attached hydrogen (secondary N) is 1. The lowest BCUT2D eigenvalue weighted by atomic mass is 9.59. The number of ether oxygens (including phenoxy) is 1. The molecule has 2 aliphatic heterocycles. The summed E-state index contributed by atoms with van der Waals surface area (Å²) in [5.74, 6) is 0.349. The second-order valence-corrected chi connectivity index (χ2v) is 10.5. The first-order valence-corrected chi connectivity index (χ1v) is 13.2. The minimum absolute atomic E-state index is 0.0624. The molecule has 2 saturated heterocycles. The van der Waals surface area contributed by atoms with Crippen molar-refractivity contribution in [2.45, 2.75) is 39.0 Å². The molecule has 3 heterocycles. The van der Waals surface area contributed by atoms with Gasteiger partial charge in [-0.1, -0.05) is 24.3 Å². The van der Waals surface area contributed by atoms with Crippen LogP contribution in [0.1, 0.15) is 37.9 Å². The average molecular weight is 528 g/mol. The van der Waals surface area contributed by atoms with E-state index in [1.165, 1.54) is 6.07 Å². The summed E-state index contributed by atoms with van der Waals surface area (Å²) in [6, 6.07) is 8.71. The molecule has 1 aromatic heterocycles. The number of rotatable bonds is 4. The summed E-state index contributed by atoms with van der Waals surface area (Å²) in [6.07, 6.45) is 2.64. The van der Waals surface area contributed by atoms with Crippen molar-refractivity contribution < 1.29 is 27.5 Å². The quantitative estimate of drug-likeness (QED) is 0.522. The van der Waals surface area contributed by atoms with Crippen molar-refractivity contribution in [1.82, 2.24) is 15.2 Å². The molecule has 38 heavy (non-hydrogen) atoms. The SMILES string of the molecule is CCNC(=O)N1CCC2C(CC3C(=O)OC(C)C3C2/C=C/c2ccc(-c3cccc(C(F)(F)F)c3)cn2)C1. The molecule has 0 spiro atoms. The number of alkyl halides is 3. The van der Waals surface area contributed by atoms with E-state index in [2.05, 4.69) is 16.4 Å². The van der Waals surface area contributed by atoms with E-state index >= 15 is 0 Å². The summed E-state index contributed by atoms with van der Waals surface area (Å²) in [4.78, 5) is 31.5. The molecule has 1 aliphatic carbocycles. The number of hydrogen-bond acceptors (Lipinski definition) is 4. The number of allylic oxidation sites excluding steroid dienone is 1. The van der Waals surface area contributed by atoms with E-state index in [1.807, 2.05) is 24.8 Å². The molecular weight excluding hydrogens is 495 g/mol. The number of cyclic esters (lactones) is 1. The first kappa shape index (κ1) is 26.3. The molecule has 1 aromatic carbocycles. The fourth-order valence-electron chi connectivity index (χ4n) is 6.56. The van der Waals surface area contributed by atoms with Gasteiger partial charge in [0.1, 0.15) is 6.10 Å². The molecule has 202 valence electrons. The first-order chi connectivity index (χ1) is 18.2. The van der Waals surface area contributed by atoms with Gasteiger partial charge in [-0.15, -0.1) is 0 Å². The van der Waals surface area contributed by atoms with E-state index in [0.29, 0.717) is 42.4 Å². The summed E-state index contributed by atoms with van der Waals surface area (Å²) < 4.78 is 45.0. The number of carbonyl (C=O) groups is 2. The van der Waals surface area contributed by atoms with Gasteiger partial charge in [0.2, 0.25) is 0 Å². The molecule has 3 aliphatic rings. The highest BCUT2D eigenvalue weighted by molar-refractivity contribution is 5.76. The zero-order chi connectivity index (χ0) is 27.0. The van der Waals surface area contributed by atoms with Crippen molar-refractivity contribution >= 4 is 18.1 Å². The number of aromatic nitrogens is 1. The Morgan fingerprint density at radius 1 is 1.24 bits per heavy atom. The van der Waals surface area contributed by atoms with E-state index in [0.717, 1.165) is 25.0 Å². The van der Waals surface area contributed by atoms with Crippen LogP contribution in [0.25, 0.3) is 17.2 Å². The van der Waals surface area contributed by atoms with Gasteiger partial charge in [-0.25, -0.2) is 4.79 Å². The third kappa shape index (κ3) is 5.15. The van der Waals surface area contributed by atoms with Gasteiger partial charge in [-0.3, -0.25) is 9.78 Å². The van der Waals surface area contributed by atoms with Crippen LogP contribution >= 0.6 is 0 Å². The van der Waals surface area contributed by atoms with Crippen molar-refractivity contribution in [1.29, 1.82) is 0 Å². The van der Waals surface area contributed by atoms with Crippen LogP contribution in [0.15, 0.2) is 48.7 Å². The molecule has 5 rings (SSSR count). The van der Waals surface area contributed by atoms with Gasteiger partial charge in [0.15, 0.2) is 0 Å². The van der Waals surface area contributed by atoms with Gasteiger partial charge in [-0.05, 0) is 74.3 Å². The molecular formula is C29H32F3N3O3. The third-order valence-corrected chi connectivity index (χ3v) is 8.31. The molecule has 1 N–H and O–H groups in total. The monoisotopic (exact) mass is 527 g/mol. The Bertz CT molecular complexity index is 1210. The minimum atomic E-state index is -4.40. The summed E-state index contributed by atoms with van der Waals surface area (Å²) in [6.45, 7) is 5.71. The van der Waals surface area contributed by atoms with Gasteiger partial charge in [0, 0.05) is 37.3 Å². The van der Waals surface area contributed by atoms with Crippen LogP contribution in [0.5, 0.6) is 0 Å². The van der Waals surface area contributed by atoms with Crippen molar-refractivity contribution in [2.75, 3.05) is 19.6 Å². The van der Waals surface area contributed by atoms with Gasteiger partial charge in [-0.2, -0.15) is 13.2 Å². The number of esters is 1. The summed E-state index contributed by atoms with van der Waals surface area (Å²) >= 11 is 0. The molecule has 2 aromatic rings. The molecule has 3 fully saturated rings. The van der Waals surface area contributed by atoms with E-state index in [-0.39, 0.29) is 41.8 Å². The average Bonchev–Trinajstić information content (AvgIpc) is 3.19. The number of fused-ring (bicyclic) bond motifs is 2. The van der Waals surface area contributed by atoms with Crippen LogP contribution in [-0.4, -0.2) is 47.6 Å². The molecule has 6 unspecified atom stereocenters. The second kappa shape index (κ2) is 10.4. The normalized spacial score (nSPS) is 29.1. The lowest BCUT2D eigenvalue weighted by Crippen LogP contribution is -2.53. The number of pyridine rings is 1. The maximum Gasteiger partial charge on any atom is 0.416 e. The van der Waals surface area contributed by atoms with Crippen LogP contribution in [0.3, 0.4) is 0 Å². The van der Waals surface area contributed by atoms with E-state index in [9.17, 15) is 22.8 Å². The fourth-order valence-corrected chi connectivity index (χ4v) is 6.56. The van der Waals surface area contributed by atoms with E-state index < -0.39 is 11.7 Å². The Morgan fingerprint density at radius 3 is 2.76 bits per heavy atom. The zero-order valence-electron chi connectivity index (χ0n) is 21.4. The largest absolute Gasteiger partial charge is 0.462 e. The number of likely N-dealkylation sites (tertiary alicyclic amines) is 1. The molecule has 0 radical (unpaired) electrons.